The molecule has 0 atom stereocenters. The summed E-state index contributed by atoms with van der Waals surface area (Å²) in [6.07, 6.45) is 1.61. The molecule has 0 spiro atoms. The molecule has 1 aromatic heterocycles. The van der Waals surface area contributed by atoms with Gasteiger partial charge in [-0.25, -0.2) is 4.98 Å². The Labute approximate surface area is 161 Å². The summed E-state index contributed by atoms with van der Waals surface area (Å²) in [5.41, 5.74) is 2.60. The van der Waals surface area contributed by atoms with Gasteiger partial charge >= 0.3 is 0 Å². The van der Waals surface area contributed by atoms with Gasteiger partial charge < -0.3 is 20.1 Å². The number of hydrogen-bond acceptors (Lipinski definition) is 6. The number of pyridine rings is 1. The Morgan fingerprint density at radius 2 is 1.79 bits per heavy atom. The third kappa shape index (κ3) is 3.78. The normalized spacial score (nSPS) is 11.8. The van der Waals surface area contributed by atoms with Crippen LogP contribution in [-0.4, -0.2) is 23.5 Å². The lowest BCUT2D eigenvalue weighted by atomic mass is 10.1. The molecule has 0 bridgehead atoms. The Hall–Kier alpha value is -3.87. The van der Waals surface area contributed by atoms with Crippen LogP contribution in [0.4, 0.5) is 17.2 Å². The molecule has 2 aromatic carbocycles. The van der Waals surface area contributed by atoms with Crippen LogP contribution in [-0.2, 0) is 0 Å². The molecule has 7 nitrogen and oxygen atoms in total. The fourth-order valence-electron chi connectivity index (χ4n) is 2.75. The third-order valence-corrected chi connectivity index (χ3v) is 4.20. The molecule has 2 heterocycles. The van der Waals surface area contributed by atoms with E-state index in [1.807, 2.05) is 12.1 Å². The first-order valence-electron chi connectivity index (χ1n) is 8.63. The van der Waals surface area contributed by atoms with Gasteiger partial charge in [-0.05, 0) is 49.4 Å². The van der Waals surface area contributed by atoms with Gasteiger partial charge in [-0.1, -0.05) is 12.1 Å². The Bertz CT molecular complexity index is 1050. The first-order valence-corrected chi connectivity index (χ1v) is 8.63. The number of ether oxygens (including phenoxy) is 2. The maximum absolute atomic E-state index is 12.4. The summed E-state index contributed by atoms with van der Waals surface area (Å²) in [6, 6.07) is 15.7. The molecular formula is C21H17N3O4. The Balaban J connectivity index is 1.42. The monoisotopic (exact) mass is 375 g/mol. The van der Waals surface area contributed by atoms with Crippen molar-refractivity contribution in [2.75, 3.05) is 17.4 Å². The standard InChI is InChI=1S/C21H17N3O4/c1-13(25)14-3-2-4-16(9-14)23-17-6-8-20(22-11-17)24-21(26)15-5-7-18-19(10-15)28-12-27-18/h2-11,23H,12H2,1H3,(H,22,24,26). The molecule has 1 amide bonds. The first kappa shape index (κ1) is 17.5. The number of anilines is 3. The predicted molar refractivity (Wildman–Crippen MR) is 104 cm³/mol. The number of carbonyl (C=O) groups is 2. The van der Waals surface area contributed by atoms with Crippen LogP contribution in [0.15, 0.2) is 60.8 Å². The van der Waals surface area contributed by atoms with Gasteiger partial charge in [-0.15, -0.1) is 0 Å². The number of rotatable bonds is 5. The van der Waals surface area contributed by atoms with Gasteiger partial charge in [0.1, 0.15) is 5.82 Å². The fraction of sp³-hybridized carbons (Fsp3) is 0.0952. The second kappa shape index (κ2) is 7.40. The van der Waals surface area contributed by atoms with Crippen LogP contribution >= 0.6 is 0 Å². The summed E-state index contributed by atoms with van der Waals surface area (Å²) in [7, 11) is 0. The third-order valence-electron chi connectivity index (χ3n) is 4.20. The second-order valence-corrected chi connectivity index (χ2v) is 6.22. The highest BCUT2D eigenvalue weighted by atomic mass is 16.7. The first-order chi connectivity index (χ1) is 13.6. The van der Waals surface area contributed by atoms with Crippen LogP contribution in [0, 0.1) is 0 Å². The van der Waals surface area contributed by atoms with E-state index < -0.39 is 0 Å². The van der Waals surface area contributed by atoms with E-state index in [0.717, 1.165) is 11.4 Å². The van der Waals surface area contributed by atoms with E-state index >= 15 is 0 Å². The van der Waals surface area contributed by atoms with E-state index in [1.54, 1.807) is 48.7 Å². The average Bonchev–Trinajstić information content (AvgIpc) is 3.17. The van der Waals surface area contributed by atoms with Gasteiger partial charge in [-0.3, -0.25) is 9.59 Å². The number of ketones is 1. The number of amides is 1. The maximum Gasteiger partial charge on any atom is 0.256 e. The second-order valence-electron chi connectivity index (χ2n) is 6.22. The highest BCUT2D eigenvalue weighted by Crippen LogP contribution is 2.32. The van der Waals surface area contributed by atoms with Crippen LogP contribution < -0.4 is 20.1 Å². The molecular weight excluding hydrogens is 358 g/mol. The van der Waals surface area contributed by atoms with E-state index in [-0.39, 0.29) is 18.5 Å². The van der Waals surface area contributed by atoms with Gasteiger partial charge in [0.2, 0.25) is 6.79 Å². The van der Waals surface area contributed by atoms with Crippen molar-refractivity contribution in [1.82, 2.24) is 4.98 Å². The smallest absolute Gasteiger partial charge is 0.256 e. The highest BCUT2D eigenvalue weighted by Gasteiger charge is 2.16. The fourth-order valence-corrected chi connectivity index (χ4v) is 2.75. The SMILES string of the molecule is CC(=O)c1cccc(Nc2ccc(NC(=O)c3ccc4c(c3)OCO4)nc2)c1. The summed E-state index contributed by atoms with van der Waals surface area (Å²) in [5, 5.41) is 5.93. The summed E-state index contributed by atoms with van der Waals surface area (Å²) < 4.78 is 10.5. The topological polar surface area (TPSA) is 89.6 Å². The lowest BCUT2D eigenvalue weighted by molar-refractivity contribution is 0.101. The number of hydrogen-bond donors (Lipinski definition) is 2. The molecule has 0 unspecified atom stereocenters. The minimum Gasteiger partial charge on any atom is -0.454 e. The number of aromatic nitrogens is 1. The maximum atomic E-state index is 12.4. The van der Waals surface area contributed by atoms with Gasteiger partial charge in [0.05, 0.1) is 11.9 Å². The molecule has 0 saturated carbocycles. The van der Waals surface area contributed by atoms with E-state index in [0.29, 0.717) is 28.4 Å². The van der Waals surface area contributed by atoms with E-state index in [9.17, 15) is 9.59 Å². The van der Waals surface area contributed by atoms with Crippen molar-refractivity contribution >= 4 is 28.9 Å². The van der Waals surface area contributed by atoms with E-state index in [4.69, 9.17) is 9.47 Å². The lowest BCUT2D eigenvalue weighted by Gasteiger charge is -2.09. The molecule has 3 aromatic rings. The van der Waals surface area contributed by atoms with Gasteiger partial charge in [-0.2, -0.15) is 0 Å². The van der Waals surface area contributed by atoms with Gasteiger partial charge in [0.15, 0.2) is 17.3 Å². The molecule has 0 radical (unpaired) electrons. The summed E-state index contributed by atoms with van der Waals surface area (Å²) in [4.78, 5) is 28.1. The van der Waals surface area contributed by atoms with E-state index in [2.05, 4.69) is 15.6 Å². The van der Waals surface area contributed by atoms with E-state index in [1.165, 1.54) is 6.92 Å². The number of fused-ring (bicyclic) bond motifs is 1. The molecule has 0 aliphatic carbocycles. The van der Waals surface area contributed by atoms with Crippen LogP contribution in [0.3, 0.4) is 0 Å². The van der Waals surface area contributed by atoms with Gasteiger partial charge in [0.25, 0.3) is 5.91 Å². The molecule has 140 valence electrons. The number of nitrogens with zero attached hydrogens (tertiary/aromatic N) is 1. The number of carbonyl (C=O) groups excluding carboxylic acids is 2. The molecule has 4 rings (SSSR count). The number of benzene rings is 2. The summed E-state index contributed by atoms with van der Waals surface area (Å²) >= 11 is 0. The molecule has 2 N–H and O–H groups in total. The highest BCUT2D eigenvalue weighted by molar-refractivity contribution is 6.04. The van der Waals surface area contributed by atoms with Crippen molar-refractivity contribution in [3.05, 3.63) is 71.9 Å². The molecule has 1 aliphatic heterocycles. The van der Waals surface area contributed by atoms with Crippen molar-refractivity contribution in [3.63, 3.8) is 0 Å². The quantitative estimate of drug-likeness (QED) is 0.655. The van der Waals surface area contributed by atoms with Gasteiger partial charge in [0, 0.05) is 16.8 Å². The van der Waals surface area contributed by atoms with Crippen LogP contribution in [0.5, 0.6) is 11.5 Å². The average molecular weight is 375 g/mol. The van der Waals surface area contributed by atoms with Crippen molar-refractivity contribution in [1.29, 1.82) is 0 Å². The summed E-state index contributed by atoms with van der Waals surface area (Å²) in [6.45, 7) is 1.68. The largest absolute Gasteiger partial charge is 0.454 e. The molecule has 0 saturated heterocycles. The van der Waals surface area contributed by atoms with Crippen LogP contribution in [0.1, 0.15) is 27.6 Å². The minimum absolute atomic E-state index is 0.00310. The van der Waals surface area contributed by atoms with Crippen molar-refractivity contribution in [2.24, 2.45) is 0 Å². The van der Waals surface area contributed by atoms with Crippen molar-refractivity contribution in [3.8, 4) is 11.5 Å². The Kier molecular flexibility index (Phi) is 4.63. The van der Waals surface area contributed by atoms with Crippen LogP contribution in [0.25, 0.3) is 0 Å². The zero-order valence-corrected chi connectivity index (χ0v) is 15.1. The summed E-state index contributed by atoms with van der Waals surface area (Å²) in [5.74, 6) is 1.31. The zero-order chi connectivity index (χ0) is 19.5. The van der Waals surface area contributed by atoms with Crippen molar-refractivity contribution < 1.29 is 19.1 Å². The number of nitrogens with one attached hydrogen (secondary N) is 2. The minimum atomic E-state index is -0.291. The zero-order valence-electron chi connectivity index (χ0n) is 15.1. The molecule has 28 heavy (non-hydrogen) atoms. The van der Waals surface area contributed by atoms with Crippen LogP contribution in [0.2, 0.25) is 0 Å². The van der Waals surface area contributed by atoms with Crippen molar-refractivity contribution in [2.45, 2.75) is 6.92 Å². The molecule has 0 fully saturated rings. The Morgan fingerprint density at radius 3 is 2.57 bits per heavy atom. The molecule has 7 heteroatoms. The molecule has 1 aliphatic rings. The number of Topliss-reactive ketones (excluding diaryl/α,β-unsaturated/α-hetero) is 1. The Morgan fingerprint density at radius 1 is 0.929 bits per heavy atom. The predicted octanol–water partition coefficient (Wildman–Crippen LogP) is 4.01. The lowest BCUT2D eigenvalue weighted by Crippen LogP contribution is -2.12.